The van der Waals surface area contributed by atoms with E-state index in [2.05, 4.69) is 63.5 Å². The molecule has 0 fully saturated rings. The van der Waals surface area contributed by atoms with Crippen molar-refractivity contribution in [2.24, 2.45) is 12.0 Å². The average Bonchev–Trinajstić information content (AvgIpc) is 3.24. The molecule has 150 valence electrons. The molecule has 0 amide bonds. The Balaban J connectivity index is 1.45. The Morgan fingerprint density at radius 3 is 2.82 bits per heavy atom. The number of nitrogens with zero attached hydrogens (tertiary/aromatic N) is 5. The minimum Gasteiger partial charge on any atom is -0.357 e. The summed E-state index contributed by atoms with van der Waals surface area (Å²) in [6, 6.07) is 8.30. The number of fused-ring (bicyclic) bond motifs is 1. The second-order valence-electron chi connectivity index (χ2n) is 6.97. The molecule has 0 saturated heterocycles. The first-order valence-electron chi connectivity index (χ1n) is 10.1. The molecule has 3 aromatic rings. The van der Waals surface area contributed by atoms with Crippen LogP contribution in [0.4, 0.5) is 0 Å². The second kappa shape index (κ2) is 9.92. The molecule has 3 rings (SSSR count). The van der Waals surface area contributed by atoms with Crippen LogP contribution in [0, 0.1) is 6.92 Å². The number of rotatable bonds is 9. The minimum absolute atomic E-state index is 0.782. The van der Waals surface area contributed by atoms with Crippen molar-refractivity contribution >= 4 is 17.0 Å². The number of aryl methyl sites for hydroxylation is 4. The van der Waals surface area contributed by atoms with Gasteiger partial charge in [0.15, 0.2) is 5.96 Å². The summed E-state index contributed by atoms with van der Waals surface area (Å²) in [4.78, 5) is 9.34. The van der Waals surface area contributed by atoms with Crippen LogP contribution in [0.3, 0.4) is 0 Å². The van der Waals surface area contributed by atoms with Gasteiger partial charge in [-0.1, -0.05) is 12.1 Å². The number of nitrogens with one attached hydrogen (secondary N) is 2. The standard InChI is InChI=1S/C21H31N7/c1-4-22-21(23-12-7-9-18-15-25-27(3)16-18)24-13-8-14-28-17(2)26-19-10-5-6-11-20(19)28/h5-6,10-11,15-16H,4,7-9,12-14H2,1-3H3,(H2,22,23,24). The zero-order valence-electron chi connectivity index (χ0n) is 17.1. The van der Waals surface area contributed by atoms with Crippen LogP contribution in [0.2, 0.25) is 0 Å². The SMILES string of the molecule is CCNC(=NCCCn1c(C)nc2ccccc21)NCCCc1cnn(C)c1. The average molecular weight is 382 g/mol. The molecule has 0 radical (unpaired) electrons. The molecule has 2 N–H and O–H groups in total. The maximum absolute atomic E-state index is 4.72. The molecular weight excluding hydrogens is 350 g/mol. The third-order valence-corrected chi connectivity index (χ3v) is 4.69. The smallest absolute Gasteiger partial charge is 0.191 e. The van der Waals surface area contributed by atoms with Gasteiger partial charge in [0.25, 0.3) is 0 Å². The van der Waals surface area contributed by atoms with Gasteiger partial charge in [-0.05, 0) is 50.8 Å². The van der Waals surface area contributed by atoms with E-state index in [-0.39, 0.29) is 0 Å². The van der Waals surface area contributed by atoms with E-state index in [9.17, 15) is 0 Å². The third kappa shape index (κ3) is 5.34. The van der Waals surface area contributed by atoms with Crippen LogP contribution in [0.5, 0.6) is 0 Å². The van der Waals surface area contributed by atoms with E-state index in [1.54, 1.807) is 0 Å². The molecule has 0 aliphatic rings. The van der Waals surface area contributed by atoms with Crippen LogP contribution in [0.1, 0.15) is 31.2 Å². The number of hydrogen-bond donors (Lipinski definition) is 2. The topological polar surface area (TPSA) is 72.1 Å². The fourth-order valence-corrected chi connectivity index (χ4v) is 3.34. The highest BCUT2D eigenvalue weighted by Crippen LogP contribution is 2.15. The summed E-state index contributed by atoms with van der Waals surface area (Å²) in [5.74, 6) is 1.95. The normalized spacial score (nSPS) is 11.9. The summed E-state index contributed by atoms with van der Waals surface area (Å²) < 4.78 is 4.12. The highest BCUT2D eigenvalue weighted by Gasteiger charge is 2.06. The zero-order chi connectivity index (χ0) is 19.8. The Hall–Kier alpha value is -2.83. The number of imidazole rings is 1. The highest BCUT2D eigenvalue weighted by atomic mass is 15.2. The van der Waals surface area contributed by atoms with E-state index in [1.807, 2.05) is 24.0 Å². The van der Waals surface area contributed by atoms with Gasteiger partial charge in [0.2, 0.25) is 0 Å². The molecular formula is C21H31N7. The number of guanidine groups is 1. The summed E-state index contributed by atoms with van der Waals surface area (Å²) >= 11 is 0. The molecule has 2 aromatic heterocycles. The summed E-state index contributed by atoms with van der Waals surface area (Å²) in [6.45, 7) is 7.62. The van der Waals surface area contributed by atoms with Gasteiger partial charge in [-0.3, -0.25) is 9.67 Å². The van der Waals surface area contributed by atoms with E-state index < -0.39 is 0 Å². The van der Waals surface area contributed by atoms with Gasteiger partial charge in [-0.15, -0.1) is 0 Å². The first-order chi connectivity index (χ1) is 13.7. The van der Waals surface area contributed by atoms with Gasteiger partial charge in [0.1, 0.15) is 5.82 Å². The van der Waals surface area contributed by atoms with Crippen LogP contribution >= 0.6 is 0 Å². The lowest BCUT2D eigenvalue weighted by molar-refractivity contribution is 0.645. The molecule has 7 heteroatoms. The van der Waals surface area contributed by atoms with E-state index in [1.165, 1.54) is 11.1 Å². The van der Waals surface area contributed by atoms with Gasteiger partial charge < -0.3 is 15.2 Å². The summed E-state index contributed by atoms with van der Waals surface area (Å²) in [5, 5.41) is 11.0. The lowest BCUT2D eigenvalue weighted by atomic mass is 10.2. The molecule has 0 aliphatic carbocycles. The maximum Gasteiger partial charge on any atom is 0.191 e. The quantitative estimate of drug-likeness (QED) is 0.340. The van der Waals surface area contributed by atoms with Gasteiger partial charge in [0, 0.05) is 39.4 Å². The fraction of sp³-hybridized carbons (Fsp3) is 0.476. The first kappa shape index (κ1) is 19.9. The molecule has 0 bridgehead atoms. The van der Waals surface area contributed by atoms with Crippen molar-refractivity contribution in [2.75, 3.05) is 19.6 Å². The Kier molecular flexibility index (Phi) is 7.06. The third-order valence-electron chi connectivity index (χ3n) is 4.69. The number of aliphatic imine (C=N–C) groups is 1. The molecule has 7 nitrogen and oxygen atoms in total. The first-order valence-corrected chi connectivity index (χ1v) is 10.1. The number of aromatic nitrogens is 4. The second-order valence-corrected chi connectivity index (χ2v) is 6.97. The van der Waals surface area contributed by atoms with Crippen molar-refractivity contribution in [3.05, 3.63) is 48.0 Å². The Bertz CT molecular complexity index is 907. The lowest BCUT2D eigenvalue weighted by Crippen LogP contribution is -2.38. The molecule has 2 heterocycles. The predicted molar refractivity (Wildman–Crippen MR) is 115 cm³/mol. The van der Waals surface area contributed by atoms with Crippen LogP contribution in [0.25, 0.3) is 11.0 Å². The number of benzene rings is 1. The Morgan fingerprint density at radius 1 is 1.18 bits per heavy atom. The van der Waals surface area contributed by atoms with Crippen LogP contribution in [-0.2, 0) is 20.0 Å². The van der Waals surface area contributed by atoms with Crippen molar-refractivity contribution in [3.63, 3.8) is 0 Å². The van der Waals surface area contributed by atoms with Crippen LogP contribution < -0.4 is 10.6 Å². The maximum atomic E-state index is 4.72. The lowest BCUT2D eigenvalue weighted by Gasteiger charge is -2.11. The molecule has 0 aliphatic heterocycles. The summed E-state index contributed by atoms with van der Waals surface area (Å²) in [5.41, 5.74) is 3.53. The molecule has 0 spiro atoms. The Morgan fingerprint density at radius 2 is 2.04 bits per heavy atom. The summed E-state index contributed by atoms with van der Waals surface area (Å²) in [6.07, 6.45) is 7.05. The zero-order valence-corrected chi connectivity index (χ0v) is 17.1. The van der Waals surface area contributed by atoms with Crippen molar-refractivity contribution < 1.29 is 0 Å². The van der Waals surface area contributed by atoms with Gasteiger partial charge in [-0.25, -0.2) is 4.98 Å². The van der Waals surface area contributed by atoms with Gasteiger partial charge >= 0.3 is 0 Å². The monoisotopic (exact) mass is 381 g/mol. The van der Waals surface area contributed by atoms with E-state index in [4.69, 9.17) is 4.99 Å². The molecule has 1 aromatic carbocycles. The molecule has 0 unspecified atom stereocenters. The molecule has 0 atom stereocenters. The number of para-hydroxylation sites is 2. The van der Waals surface area contributed by atoms with Crippen LogP contribution in [-0.4, -0.2) is 44.9 Å². The molecule has 0 saturated carbocycles. The van der Waals surface area contributed by atoms with E-state index in [0.29, 0.717) is 0 Å². The Labute approximate surface area is 166 Å². The minimum atomic E-state index is 0.782. The largest absolute Gasteiger partial charge is 0.357 e. The van der Waals surface area contributed by atoms with Gasteiger partial charge in [-0.2, -0.15) is 5.10 Å². The van der Waals surface area contributed by atoms with Crippen molar-refractivity contribution in [3.8, 4) is 0 Å². The van der Waals surface area contributed by atoms with Crippen LogP contribution in [0.15, 0.2) is 41.7 Å². The summed E-state index contributed by atoms with van der Waals surface area (Å²) in [7, 11) is 1.95. The van der Waals surface area contributed by atoms with Crippen molar-refractivity contribution in [2.45, 2.75) is 39.7 Å². The number of hydrogen-bond acceptors (Lipinski definition) is 3. The van der Waals surface area contributed by atoms with Gasteiger partial charge in [0.05, 0.1) is 17.2 Å². The van der Waals surface area contributed by atoms with Crippen molar-refractivity contribution in [1.29, 1.82) is 0 Å². The van der Waals surface area contributed by atoms with E-state index >= 15 is 0 Å². The molecule has 28 heavy (non-hydrogen) atoms. The highest BCUT2D eigenvalue weighted by molar-refractivity contribution is 5.79. The predicted octanol–water partition coefficient (Wildman–Crippen LogP) is 2.66. The van der Waals surface area contributed by atoms with E-state index in [0.717, 1.165) is 62.7 Å². The fourth-order valence-electron chi connectivity index (χ4n) is 3.34. The van der Waals surface area contributed by atoms with Crippen molar-refractivity contribution in [1.82, 2.24) is 30.0 Å².